The number of aliphatic hydroxyl groups is 5. The molecule has 16 nitrogen and oxygen atoms in total. The minimum atomic E-state index is -1.73. The number of ether oxygens (including phenoxy) is 1. The van der Waals surface area contributed by atoms with E-state index in [1.807, 2.05) is 0 Å². The Bertz CT molecular complexity index is 593. The zero-order valence-electron chi connectivity index (χ0n) is 25.7. The van der Waals surface area contributed by atoms with Crippen molar-refractivity contribution >= 4 is 0 Å². The Morgan fingerprint density at radius 3 is 1.63 bits per heavy atom. The van der Waals surface area contributed by atoms with Crippen LogP contribution >= 0.6 is 0 Å². The molecule has 0 aromatic carbocycles. The van der Waals surface area contributed by atoms with E-state index in [9.17, 15) is 20.4 Å². The van der Waals surface area contributed by atoms with E-state index in [-0.39, 0.29) is 13.2 Å². The number of unbranched alkanes of at least 4 members (excludes halogenated alkanes) is 13. The molecule has 0 aromatic heterocycles. The molecule has 0 rings (SSSR count). The Morgan fingerprint density at radius 2 is 1.07 bits per heavy atom. The van der Waals surface area contributed by atoms with Gasteiger partial charge in [-0.3, -0.25) is 0 Å². The lowest BCUT2D eigenvalue weighted by atomic mass is 10.0. The van der Waals surface area contributed by atoms with Gasteiger partial charge in [-0.2, -0.15) is 0 Å². The van der Waals surface area contributed by atoms with Gasteiger partial charge in [-0.1, -0.05) is 90.4 Å². The molecule has 258 valence electrons. The van der Waals surface area contributed by atoms with E-state index in [2.05, 4.69) is 52.0 Å². The Balaban J connectivity index is 3.33. The summed E-state index contributed by atoms with van der Waals surface area (Å²) in [5.41, 5.74) is 0. The molecule has 0 aliphatic carbocycles. The lowest BCUT2D eigenvalue weighted by Gasteiger charge is -2.27. The molecule has 0 fully saturated rings. The second-order valence-corrected chi connectivity index (χ2v) is 10.1. The van der Waals surface area contributed by atoms with E-state index in [4.69, 9.17) is 9.84 Å². The zero-order chi connectivity index (χ0) is 31.8. The van der Waals surface area contributed by atoms with Crippen molar-refractivity contribution in [1.82, 2.24) is 4.90 Å². The van der Waals surface area contributed by atoms with Crippen molar-refractivity contribution in [3.63, 3.8) is 0 Å². The molecule has 0 aliphatic rings. The third kappa shape index (κ3) is 28.0. The highest BCUT2D eigenvalue weighted by Gasteiger charge is 2.30. The second-order valence-electron chi connectivity index (χ2n) is 10.1. The third-order valence-electron chi connectivity index (χ3n) is 6.38. The molecule has 0 amide bonds. The molecule has 0 spiro atoms. The monoisotopic (exact) mass is 633 g/mol. The van der Waals surface area contributed by atoms with Gasteiger partial charge in [0.15, 0.2) is 0 Å². The Labute approximate surface area is 254 Å². The van der Waals surface area contributed by atoms with Gasteiger partial charge in [0.2, 0.25) is 0 Å². The quantitative estimate of drug-likeness (QED) is 0.0300. The third-order valence-corrected chi connectivity index (χ3v) is 6.38. The number of aliphatic hydroxyl groups excluding tert-OH is 5. The minimum absolute atomic E-state index is 0.0955. The molecule has 0 radical (unpaired) electrons. The van der Waals surface area contributed by atoms with Gasteiger partial charge in [-0.25, -0.2) is 4.89 Å². The summed E-state index contributed by atoms with van der Waals surface area (Å²) in [5, 5.41) is 75.1. The zero-order valence-corrected chi connectivity index (χ0v) is 25.7. The van der Waals surface area contributed by atoms with Crippen LogP contribution in [0.2, 0.25) is 0 Å². The van der Waals surface area contributed by atoms with Gasteiger partial charge in [0.1, 0.15) is 31.2 Å². The van der Waals surface area contributed by atoms with E-state index in [1.54, 1.807) is 0 Å². The lowest BCUT2D eigenvalue weighted by Crippen LogP contribution is -2.48. The van der Waals surface area contributed by atoms with Crippen LogP contribution in [0.25, 0.3) is 0 Å². The van der Waals surface area contributed by atoms with Crippen molar-refractivity contribution in [2.45, 2.75) is 121 Å². The van der Waals surface area contributed by atoms with Gasteiger partial charge < -0.3 is 40.1 Å². The normalized spacial score (nSPS) is 14.7. The van der Waals surface area contributed by atoms with Crippen LogP contribution in [0.4, 0.5) is 0 Å². The maximum absolute atomic E-state index is 9.85. The lowest BCUT2D eigenvalue weighted by molar-refractivity contribution is -0.829. The summed E-state index contributed by atoms with van der Waals surface area (Å²) in [6.45, 7) is 2.36. The number of hydrogen-bond acceptors (Lipinski definition) is 16. The molecule has 0 aliphatic heterocycles. The molecule has 43 heavy (non-hydrogen) atoms. The fraction of sp³-hybridized carbons (Fsp3) is 0.926. The highest BCUT2D eigenvalue weighted by molar-refractivity contribution is 4.84. The van der Waals surface area contributed by atoms with Crippen LogP contribution in [0, 0.1) is 0 Å². The van der Waals surface area contributed by atoms with Gasteiger partial charge in [0.05, 0.1) is 19.3 Å². The first-order valence-corrected chi connectivity index (χ1v) is 15.2. The molecule has 0 saturated heterocycles. The van der Waals surface area contributed by atoms with E-state index in [0.717, 1.165) is 19.1 Å². The molecule has 16 heteroatoms. The van der Waals surface area contributed by atoms with Crippen molar-refractivity contribution in [3.8, 4) is 0 Å². The van der Waals surface area contributed by atoms with Gasteiger partial charge in [0.25, 0.3) is 0 Å². The highest BCUT2D eigenvalue weighted by atomic mass is 17.9. The van der Waals surface area contributed by atoms with Gasteiger partial charge in [-0.15, -0.1) is 0 Å². The number of rotatable bonds is 34. The summed E-state index contributed by atoms with van der Waals surface area (Å²) < 4.78 is 5.43. The number of hydrogen-bond donors (Lipinski definition) is 5. The van der Waals surface area contributed by atoms with Crippen LogP contribution in [-0.2, 0) is 49.8 Å². The maximum Gasteiger partial charge on any atom is 0.148 e. The SMILES string of the molecule is CCCCCCCCCCCCCCCCOCCOOOOOOOOOC=CN(C)CC(O)C(O)C(O)C(O)CO. The maximum atomic E-state index is 9.85. The fourth-order valence-corrected chi connectivity index (χ4v) is 3.90. The molecule has 4 unspecified atom stereocenters. The summed E-state index contributed by atoms with van der Waals surface area (Å²) in [4.78, 5) is 10.4. The molecule has 5 N–H and O–H groups in total. The summed E-state index contributed by atoms with van der Waals surface area (Å²) in [7, 11) is 1.49. The first-order chi connectivity index (χ1) is 20.9. The molecular formula is C27H55NO15. The summed E-state index contributed by atoms with van der Waals surface area (Å²) in [6, 6.07) is 0. The van der Waals surface area contributed by atoms with Crippen LogP contribution in [0.1, 0.15) is 96.8 Å². The molecule has 0 aromatic rings. The van der Waals surface area contributed by atoms with Gasteiger partial charge >= 0.3 is 0 Å². The van der Waals surface area contributed by atoms with E-state index in [1.165, 1.54) is 95.2 Å². The van der Waals surface area contributed by atoms with Crippen molar-refractivity contribution in [2.75, 3.05) is 40.0 Å². The van der Waals surface area contributed by atoms with Crippen molar-refractivity contribution in [1.29, 1.82) is 0 Å². The molecular weight excluding hydrogens is 578 g/mol. The predicted octanol–water partition coefficient (Wildman–Crippen LogP) is 2.79. The fourth-order valence-electron chi connectivity index (χ4n) is 3.90. The van der Waals surface area contributed by atoms with Gasteiger partial charge in [0, 0.05) is 46.6 Å². The topological polar surface area (TPSA) is 197 Å². The molecule has 4 atom stereocenters. The summed E-state index contributed by atoms with van der Waals surface area (Å²) in [6.07, 6.45) is 14.0. The summed E-state index contributed by atoms with van der Waals surface area (Å²) in [5.74, 6) is 0. The van der Waals surface area contributed by atoms with E-state index >= 15 is 0 Å². The highest BCUT2D eigenvalue weighted by Crippen LogP contribution is 2.13. The Kier molecular flexibility index (Phi) is 31.3. The van der Waals surface area contributed by atoms with Crippen molar-refractivity contribution in [3.05, 3.63) is 12.5 Å². The van der Waals surface area contributed by atoms with Crippen LogP contribution in [-0.4, -0.2) is 94.9 Å². The molecule has 0 heterocycles. The first-order valence-electron chi connectivity index (χ1n) is 15.2. The Hall–Kier alpha value is -1.22. The van der Waals surface area contributed by atoms with Gasteiger partial charge in [-0.05, 0) is 21.5 Å². The van der Waals surface area contributed by atoms with Crippen LogP contribution in [0.15, 0.2) is 12.5 Å². The van der Waals surface area contributed by atoms with E-state index in [0.29, 0.717) is 13.2 Å². The summed E-state index contributed by atoms with van der Waals surface area (Å²) >= 11 is 0. The predicted molar refractivity (Wildman–Crippen MR) is 149 cm³/mol. The average molecular weight is 634 g/mol. The van der Waals surface area contributed by atoms with Crippen molar-refractivity contribution < 1.29 is 75.3 Å². The van der Waals surface area contributed by atoms with Crippen molar-refractivity contribution in [2.24, 2.45) is 0 Å². The average Bonchev–Trinajstić information content (AvgIpc) is 3.01. The molecule has 0 bridgehead atoms. The smallest absolute Gasteiger partial charge is 0.148 e. The van der Waals surface area contributed by atoms with Crippen LogP contribution in [0.3, 0.4) is 0 Å². The largest absolute Gasteiger partial charge is 0.394 e. The van der Waals surface area contributed by atoms with Crippen LogP contribution in [0.5, 0.6) is 0 Å². The number of nitrogens with zero attached hydrogens (tertiary/aromatic N) is 1. The number of likely N-dealkylation sites (N-methyl/N-ethyl adjacent to an activating group) is 1. The standard InChI is InChI=1S/C27H55NO15/c1-3-4-5-6-7-8-9-10-11-12-13-14-15-16-18-34-20-21-36-38-40-42-43-41-39-37-35-19-17-28(2)22-24(30)26(32)27(33)25(31)23-29/h17,19,24-27,29-33H,3-16,18,20-23H2,1-2H3. The first kappa shape index (κ1) is 41.8. The van der Waals surface area contributed by atoms with Crippen LogP contribution < -0.4 is 0 Å². The molecule has 0 saturated carbocycles. The van der Waals surface area contributed by atoms with E-state index < -0.39 is 31.0 Å². The Morgan fingerprint density at radius 1 is 0.581 bits per heavy atom. The minimum Gasteiger partial charge on any atom is -0.394 e. The second kappa shape index (κ2) is 32.2.